The van der Waals surface area contributed by atoms with Crippen molar-refractivity contribution in [3.05, 3.63) is 74.8 Å². The van der Waals surface area contributed by atoms with Gasteiger partial charge in [0.1, 0.15) is 6.04 Å². The van der Waals surface area contributed by atoms with E-state index in [1.807, 2.05) is 30.3 Å². The quantitative estimate of drug-likeness (QED) is 0.396. The number of nitrogens with two attached hydrogens (primary N) is 1. The lowest BCUT2D eigenvalue weighted by Gasteiger charge is -2.17. The Bertz CT molecular complexity index is 880. The molecule has 0 saturated carbocycles. The molecule has 0 aliphatic rings. The maximum Gasteiger partial charge on any atom is 0.274 e. The fourth-order valence-corrected chi connectivity index (χ4v) is 2.89. The molecule has 0 bridgehead atoms. The van der Waals surface area contributed by atoms with Crippen molar-refractivity contribution in [1.82, 2.24) is 10.6 Å². The minimum atomic E-state index is -0.844. The van der Waals surface area contributed by atoms with Gasteiger partial charge in [-0.25, -0.2) is 0 Å². The zero-order valence-electron chi connectivity index (χ0n) is 16.3. The van der Waals surface area contributed by atoms with Crippen LogP contribution in [0, 0.1) is 10.1 Å². The SMILES string of the molecule is C[C@H](NC(=O)[C@H](N)CCc1ccccc1)C(=O)NCc1cc(Cl)ccc1[N+](=O)[O-].Cl. The Morgan fingerprint density at radius 1 is 1.17 bits per heavy atom. The standard InChI is InChI=1S/C20H23ClN4O4.ClH/c1-13(24-20(27)17(22)9-7-14-5-3-2-4-6-14)19(26)23-12-15-11-16(21)8-10-18(15)25(28)29;/h2-6,8,10-11,13,17H,7,9,12,22H2,1H3,(H,23,26)(H,24,27);1H/t13-,17+;/m0./s1. The Labute approximate surface area is 185 Å². The van der Waals surface area contributed by atoms with Crippen molar-refractivity contribution in [3.8, 4) is 0 Å². The van der Waals surface area contributed by atoms with E-state index in [1.165, 1.54) is 25.1 Å². The van der Waals surface area contributed by atoms with Gasteiger partial charge in [-0.2, -0.15) is 0 Å². The molecule has 0 fully saturated rings. The molecule has 2 atom stereocenters. The van der Waals surface area contributed by atoms with Crippen molar-refractivity contribution in [2.24, 2.45) is 5.73 Å². The number of carbonyl (C=O) groups is 2. The first-order chi connectivity index (χ1) is 13.8. The predicted octanol–water partition coefficient (Wildman–Crippen LogP) is 2.75. The summed E-state index contributed by atoms with van der Waals surface area (Å²) in [6.45, 7) is 1.43. The van der Waals surface area contributed by atoms with Crippen molar-refractivity contribution in [2.75, 3.05) is 0 Å². The largest absolute Gasteiger partial charge is 0.350 e. The molecule has 0 spiro atoms. The average Bonchev–Trinajstić information content (AvgIpc) is 2.70. The minimum Gasteiger partial charge on any atom is -0.350 e. The molecule has 0 aromatic heterocycles. The molecule has 0 unspecified atom stereocenters. The minimum absolute atomic E-state index is 0. The van der Waals surface area contributed by atoms with Gasteiger partial charge in [0, 0.05) is 17.6 Å². The van der Waals surface area contributed by atoms with E-state index in [4.69, 9.17) is 17.3 Å². The van der Waals surface area contributed by atoms with Gasteiger partial charge in [-0.15, -0.1) is 12.4 Å². The van der Waals surface area contributed by atoms with Gasteiger partial charge in [-0.05, 0) is 37.5 Å². The summed E-state index contributed by atoms with van der Waals surface area (Å²) in [5.74, 6) is -0.916. The van der Waals surface area contributed by atoms with Crippen molar-refractivity contribution in [1.29, 1.82) is 0 Å². The van der Waals surface area contributed by atoms with Crippen LogP contribution in [0.25, 0.3) is 0 Å². The van der Waals surface area contributed by atoms with E-state index in [0.717, 1.165) is 5.56 Å². The van der Waals surface area contributed by atoms with Gasteiger partial charge in [-0.1, -0.05) is 41.9 Å². The van der Waals surface area contributed by atoms with Crippen LogP contribution in [-0.2, 0) is 22.6 Å². The van der Waals surface area contributed by atoms with E-state index in [0.29, 0.717) is 17.9 Å². The Morgan fingerprint density at radius 3 is 2.47 bits per heavy atom. The Balaban J connectivity index is 0.00000450. The molecule has 8 nitrogen and oxygen atoms in total. The Morgan fingerprint density at radius 2 is 1.83 bits per heavy atom. The van der Waals surface area contributed by atoms with Gasteiger partial charge in [0.2, 0.25) is 11.8 Å². The molecule has 162 valence electrons. The van der Waals surface area contributed by atoms with E-state index in [1.54, 1.807) is 0 Å². The van der Waals surface area contributed by atoms with E-state index in [2.05, 4.69) is 10.6 Å². The number of benzene rings is 2. The number of hydrogen-bond donors (Lipinski definition) is 3. The second-order valence-corrected chi connectivity index (χ2v) is 7.05. The van der Waals surface area contributed by atoms with Crippen LogP contribution in [0.5, 0.6) is 0 Å². The third-order valence-electron chi connectivity index (χ3n) is 4.37. The van der Waals surface area contributed by atoms with Crippen molar-refractivity contribution in [3.63, 3.8) is 0 Å². The summed E-state index contributed by atoms with van der Waals surface area (Å²) in [6, 6.07) is 12.2. The lowest BCUT2D eigenvalue weighted by Crippen LogP contribution is -2.50. The molecular formula is C20H24Cl2N4O4. The number of nitrogens with zero attached hydrogens (tertiary/aromatic N) is 1. The highest BCUT2D eigenvalue weighted by molar-refractivity contribution is 6.30. The molecule has 0 aliphatic carbocycles. The topological polar surface area (TPSA) is 127 Å². The van der Waals surface area contributed by atoms with Crippen molar-refractivity contribution >= 4 is 41.5 Å². The second kappa shape index (κ2) is 12.1. The molecule has 30 heavy (non-hydrogen) atoms. The Hall–Kier alpha value is -2.68. The summed E-state index contributed by atoms with van der Waals surface area (Å²) in [4.78, 5) is 35.0. The number of nitro benzene ring substituents is 1. The fourth-order valence-electron chi connectivity index (χ4n) is 2.69. The van der Waals surface area contributed by atoms with Crippen LogP contribution in [-0.4, -0.2) is 28.8 Å². The summed E-state index contributed by atoms with van der Waals surface area (Å²) in [6.07, 6.45) is 1.09. The zero-order valence-corrected chi connectivity index (χ0v) is 17.9. The number of nitrogens with one attached hydrogen (secondary N) is 2. The van der Waals surface area contributed by atoms with E-state index < -0.39 is 28.8 Å². The summed E-state index contributed by atoms with van der Waals surface area (Å²) in [7, 11) is 0. The lowest BCUT2D eigenvalue weighted by atomic mass is 10.1. The number of amides is 2. The van der Waals surface area contributed by atoms with Crippen LogP contribution < -0.4 is 16.4 Å². The third-order valence-corrected chi connectivity index (χ3v) is 4.60. The maximum absolute atomic E-state index is 12.3. The van der Waals surface area contributed by atoms with E-state index in [-0.39, 0.29) is 30.2 Å². The highest BCUT2D eigenvalue weighted by Crippen LogP contribution is 2.22. The smallest absolute Gasteiger partial charge is 0.274 e. The summed E-state index contributed by atoms with van der Waals surface area (Å²) in [5, 5.41) is 16.5. The fraction of sp³-hybridized carbons (Fsp3) is 0.300. The number of halogens is 2. The molecule has 0 aliphatic heterocycles. The maximum atomic E-state index is 12.3. The van der Waals surface area contributed by atoms with Gasteiger partial charge < -0.3 is 16.4 Å². The number of aryl methyl sites for hydroxylation is 1. The zero-order chi connectivity index (χ0) is 21.4. The highest BCUT2D eigenvalue weighted by atomic mass is 35.5. The van der Waals surface area contributed by atoms with Crippen molar-refractivity contribution in [2.45, 2.75) is 38.4 Å². The first kappa shape index (κ1) is 25.4. The summed E-state index contributed by atoms with van der Waals surface area (Å²) < 4.78 is 0. The van der Waals surface area contributed by atoms with Gasteiger partial charge in [0.15, 0.2) is 0 Å². The van der Waals surface area contributed by atoms with Gasteiger partial charge in [0.05, 0.1) is 16.5 Å². The monoisotopic (exact) mass is 454 g/mol. The van der Waals surface area contributed by atoms with Gasteiger partial charge >= 0.3 is 0 Å². The molecule has 2 aromatic rings. The van der Waals surface area contributed by atoms with E-state index >= 15 is 0 Å². The van der Waals surface area contributed by atoms with Crippen molar-refractivity contribution < 1.29 is 14.5 Å². The van der Waals surface area contributed by atoms with Gasteiger partial charge in [-0.3, -0.25) is 19.7 Å². The van der Waals surface area contributed by atoms with Crippen LogP contribution in [0.1, 0.15) is 24.5 Å². The predicted molar refractivity (Wildman–Crippen MR) is 118 cm³/mol. The van der Waals surface area contributed by atoms with Crippen LogP contribution in [0.4, 0.5) is 5.69 Å². The Kier molecular flexibility index (Phi) is 10.2. The lowest BCUT2D eigenvalue weighted by molar-refractivity contribution is -0.385. The molecular weight excluding hydrogens is 431 g/mol. The molecule has 4 N–H and O–H groups in total. The number of hydrogen-bond acceptors (Lipinski definition) is 5. The molecule has 0 heterocycles. The second-order valence-electron chi connectivity index (χ2n) is 6.61. The molecule has 2 amide bonds. The molecule has 2 rings (SSSR count). The van der Waals surface area contributed by atoms with Crippen LogP contribution in [0.15, 0.2) is 48.5 Å². The van der Waals surface area contributed by atoms with Crippen LogP contribution in [0.2, 0.25) is 5.02 Å². The number of rotatable bonds is 9. The average molecular weight is 455 g/mol. The summed E-state index contributed by atoms with van der Waals surface area (Å²) in [5.41, 5.74) is 7.12. The first-order valence-corrected chi connectivity index (χ1v) is 9.46. The molecule has 0 saturated heterocycles. The normalized spacial score (nSPS) is 12.2. The molecule has 10 heteroatoms. The van der Waals surface area contributed by atoms with Crippen LogP contribution >= 0.6 is 24.0 Å². The molecule has 2 aromatic carbocycles. The summed E-state index contributed by atoms with van der Waals surface area (Å²) >= 11 is 5.87. The van der Waals surface area contributed by atoms with E-state index in [9.17, 15) is 19.7 Å². The van der Waals surface area contributed by atoms with Crippen LogP contribution in [0.3, 0.4) is 0 Å². The third kappa shape index (κ3) is 7.62. The first-order valence-electron chi connectivity index (χ1n) is 9.08. The molecule has 0 radical (unpaired) electrons. The number of nitro groups is 1. The number of carbonyl (C=O) groups excluding carboxylic acids is 2. The van der Waals surface area contributed by atoms with Gasteiger partial charge in [0.25, 0.3) is 5.69 Å². The highest BCUT2D eigenvalue weighted by Gasteiger charge is 2.21.